The van der Waals surface area contributed by atoms with Crippen LogP contribution in [0.5, 0.6) is 0 Å². The third kappa shape index (κ3) is 2.55. The van der Waals surface area contributed by atoms with Crippen molar-refractivity contribution in [2.45, 2.75) is 19.4 Å². The van der Waals surface area contributed by atoms with Gasteiger partial charge in [0.2, 0.25) is 5.69 Å². The molecule has 108 valence electrons. The number of hydrogen-bond acceptors (Lipinski definition) is 5. The molecular formula is C12H17N5O3. The van der Waals surface area contributed by atoms with Gasteiger partial charge in [0, 0.05) is 33.2 Å². The standard InChI is InChI=1S/C12H17N5O3/c1-8(4-7-20-3)17-10(9(12(18)19)14-15-17)11-13-5-6-16(11)2/h5-6,8H,4,7H2,1-3H3,(H,18,19). The Bertz CT molecular complexity index is 604. The maximum atomic E-state index is 11.3. The molecule has 8 nitrogen and oxygen atoms in total. The van der Waals surface area contributed by atoms with Gasteiger partial charge in [-0.05, 0) is 13.3 Å². The van der Waals surface area contributed by atoms with Gasteiger partial charge < -0.3 is 14.4 Å². The third-order valence-electron chi connectivity index (χ3n) is 3.09. The van der Waals surface area contributed by atoms with E-state index in [9.17, 15) is 9.90 Å². The zero-order valence-electron chi connectivity index (χ0n) is 11.6. The van der Waals surface area contributed by atoms with E-state index in [1.165, 1.54) is 0 Å². The number of aromatic nitrogens is 5. The van der Waals surface area contributed by atoms with Crippen molar-refractivity contribution in [3.05, 3.63) is 18.1 Å². The van der Waals surface area contributed by atoms with Crippen LogP contribution in [0.3, 0.4) is 0 Å². The average molecular weight is 279 g/mol. The molecule has 1 unspecified atom stereocenters. The first kappa shape index (κ1) is 14.2. The molecule has 0 saturated carbocycles. The summed E-state index contributed by atoms with van der Waals surface area (Å²) >= 11 is 0. The summed E-state index contributed by atoms with van der Waals surface area (Å²) in [7, 11) is 3.42. The van der Waals surface area contributed by atoms with Crippen LogP contribution in [-0.4, -0.2) is 49.3 Å². The Hall–Kier alpha value is -2.22. The van der Waals surface area contributed by atoms with Crippen LogP contribution in [0, 0.1) is 0 Å². The molecule has 20 heavy (non-hydrogen) atoms. The van der Waals surface area contributed by atoms with Crippen molar-refractivity contribution in [1.82, 2.24) is 24.5 Å². The van der Waals surface area contributed by atoms with E-state index in [1.54, 1.807) is 35.8 Å². The summed E-state index contributed by atoms with van der Waals surface area (Å²) in [6.45, 7) is 2.50. The summed E-state index contributed by atoms with van der Waals surface area (Å²) in [5.74, 6) is -0.593. The van der Waals surface area contributed by atoms with Gasteiger partial charge in [-0.15, -0.1) is 5.10 Å². The van der Waals surface area contributed by atoms with Gasteiger partial charge in [0.15, 0.2) is 5.82 Å². The summed E-state index contributed by atoms with van der Waals surface area (Å²) in [6, 6.07) is -0.0396. The molecule has 0 aliphatic carbocycles. The van der Waals surface area contributed by atoms with Gasteiger partial charge in [-0.3, -0.25) is 0 Å². The molecule has 0 fully saturated rings. The average Bonchev–Trinajstić information content (AvgIpc) is 3.01. The second-order valence-corrected chi connectivity index (χ2v) is 4.53. The molecule has 0 radical (unpaired) electrons. The van der Waals surface area contributed by atoms with E-state index in [0.29, 0.717) is 24.5 Å². The van der Waals surface area contributed by atoms with Crippen LogP contribution in [-0.2, 0) is 11.8 Å². The molecule has 1 N–H and O–H groups in total. The van der Waals surface area contributed by atoms with Crippen LogP contribution in [0.25, 0.3) is 11.5 Å². The van der Waals surface area contributed by atoms with E-state index in [1.807, 2.05) is 6.92 Å². The number of methoxy groups -OCH3 is 1. The predicted molar refractivity (Wildman–Crippen MR) is 70.4 cm³/mol. The first-order chi connectivity index (χ1) is 9.56. The number of aromatic carboxylic acids is 1. The number of rotatable bonds is 6. The van der Waals surface area contributed by atoms with Crippen LogP contribution in [0.2, 0.25) is 0 Å². The number of imidazole rings is 1. The molecule has 1 atom stereocenters. The highest BCUT2D eigenvalue weighted by molar-refractivity contribution is 5.91. The van der Waals surface area contributed by atoms with E-state index in [0.717, 1.165) is 0 Å². The Balaban J connectivity index is 2.48. The Morgan fingerprint density at radius 1 is 1.55 bits per heavy atom. The Morgan fingerprint density at radius 2 is 2.30 bits per heavy atom. The van der Waals surface area contributed by atoms with Crippen molar-refractivity contribution >= 4 is 5.97 Å². The van der Waals surface area contributed by atoms with Crippen LogP contribution in [0.1, 0.15) is 29.9 Å². The maximum Gasteiger partial charge on any atom is 0.358 e. The molecule has 0 bridgehead atoms. The van der Waals surface area contributed by atoms with Gasteiger partial charge in [-0.1, -0.05) is 5.21 Å². The van der Waals surface area contributed by atoms with Crippen molar-refractivity contribution in [2.75, 3.05) is 13.7 Å². The molecule has 8 heteroatoms. The Morgan fingerprint density at radius 3 is 2.85 bits per heavy atom. The SMILES string of the molecule is COCCC(C)n1nnc(C(=O)O)c1-c1nccn1C. The highest BCUT2D eigenvalue weighted by atomic mass is 16.5. The molecule has 0 aliphatic heterocycles. The summed E-state index contributed by atoms with van der Waals surface area (Å²) in [6.07, 6.45) is 4.06. The summed E-state index contributed by atoms with van der Waals surface area (Å²) in [5.41, 5.74) is 0.317. The van der Waals surface area contributed by atoms with Gasteiger partial charge in [0.25, 0.3) is 0 Å². The van der Waals surface area contributed by atoms with E-state index >= 15 is 0 Å². The molecule has 2 aromatic rings. The zero-order chi connectivity index (χ0) is 14.7. The minimum Gasteiger partial charge on any atom is -0.476 e. The fourth-order valence-corrected chi connectivity index (χ4v) is 1.96. The fraction of sp³-hybridized carbons (Fsp3) is 0.500. The first-order valence-corrected chi connectivity index (χ1v) is 6.21. The normalized spacial score (nSPS) is 12.6. The molecule has 0 amide bonds. The van der Waals surface area contributed by atoms with E-state index in [4.69, 9.17) is 4.74 Å². The molecule has 0 aliphatic rings. The molecule has 0 aromatic carbocycles. The van der Waals surface area contributed by atoms with E-state index < -0.39 is 5.97 Å². The second kappa shape index (κ2) is 5.83. The second-order valence-electron chi connectivity index (χ2n) is 4.53. The van der Waals surface area contributed by atoms with Crippen LogP contribution >= 0.6 is 0 Å². The molecule has 2 aromatic heterocycles. The smallest absolute Gasteiger partial charge is 0.358 e. The van der Waals surface area contributed by atoms with Gasteiger partial charge in [-0.2, -0.15) is 0 Å². The number of ether oxygens (including phenoxy) is 1. The lowest BCUT2D eigenvalue weighted by Gasteiger charge is -2.14. The minimum absolute atomic E-state index is 0.0396. The number of carboxylic acids is 1. The largest absolute Gasteiger partial charge is 0.476 e. The van der Waals surface area contributed by atoms with Crippen LogP contribution < -0.4 is 0 Å². The van der Waals surface area contributed by atoms with E-state index in [2.05, 4.69) is 15.3 Å². The first-order valence-electron chi connectivity index (χ1n) is 6.21. The summed E-state index contributed by atoms with van der Waals surface area (Å²) in [4.78, 5) is 15.5. The number of carbonyl (C=O) groups is 1. The highest BCUT2D eigenvalue weighted by Crippen LogP contribution is 2.24. The fourth-order valence-electron chi connectivity index (χ4n) is 1.96. The van der Waals surface area contributed by atoms with Gasteiger partial charge in [0.1, 0.15) is 5.69 Å². The van der Waals surface area contributed by atoms with Crippen molar-refractivity contribution < 1.29 is 14.6 Å². The third-order valence-corrected chi connectivity index (χ3v) is 3.09. The van der Waals surface area contributed by atoms with Gasteiger partial charge >= 0.3 is 5.97 Å². The molecule has 2 rings (SSSR count). The lowest BCUT2D eigenvalue weighted by Crippen LogP contribution is -2.13. The number of nitrogens with zero attached hydrogens (tertiary/aromatic N) is 5. The molecule has 2 heterocycles. The van der Waals surface area contributed by atoms with Crippen LogP contribution in [0.15, 0.2) is 12.4 Å². The van der Waals surface area contributed by atoms with E-state index in [-0.39, 0.29) is 11.7 Å². The van der Waals surface area contributed by atoms with Gasteiger partial charge in [-0.25, -0.2) is 14.5 Å². The predicted octanol–water partition coefficient (Wildman–Crippen LogP) is 0.974. The van der Waals surface area contributed by atoms with Gasteiger partial charge in [0.05, 0.1) is 6.04 Å². The Labute approximate surface area is 116 Å². The Kier molecular flexibility index (Phi) is 4.14. The molecule has 0 saturated heterocycles. The van der Waals surface area contributed by atoms with Crippen molar-refractivity contribution in [2.24, 2.45) is 7.05 Å². The topological polar surface area (TPSA) is 95.1 Å². The van der Waals surface area contributed by atoms with Crippen LogP contribution in [0.4, 0.5) is 0 Å². The number of hydrogen-bond donors (Lipinski definition) is 1. The summed E-state index contributed by atoms with van der Waals surface area (Å²) < 4.78 is 8.37. The monoisotopic (exact) mass is 279 g/mol. The lowest BCUT2D eigenvalue weighted by atomic mass is 10.2. The zero-order valence-corrected chi connectivity index (χ0v) is 11.6. The molecule has 0 spiro atoms. The molecular weight excluding hydrogens is 262 g/mol. The lowest BCUT2D eigenvalue weighted by molar-refractivity contribution is 0.0691. The van der Waals surface area contributed by atoms with Crippen molar-refractivity contribution in [3.63, 3.8) is 0 Å². The number of carboxylic acid groups (broad SMARTS) is 1. The maximum absolute atomic E-state index is 11.3. The highest BCUT2D eigenvalue weighted by Gasteiger charge is 2.25. The quantitative estimate of drug-likeness (QED) is 0.846. The minimum atomic E-state index is -1.12. The summed E-state index contributed by atoms with van der Waals surface area (Å²) in [5, 5.41) is 17.0. The van der Waals surface area contributed by atoms with Crippen molar-refractivity contribution in [1.29, 1.82) is 0 Å². The number of aryl methyl sites for hydroxylation is 1. The van der Waals surface area contributed by atoms with Crippen molar-refractivity contribution in [3.8, 4) is 11.5 Å².